The summed E-state index contributed by atoms with van der Waals surface area (Å²) in [7, 11) is 0. The molecule has 0 aliphatic carbocycles. The Morgan fingerprint density at radius 3 is 2.85 bits per heavy atom. The Labute approximate surface area is 122 Å². The number of hydrogen-bond acceptors (Lipinski definition) is 2. The molecule has 0 bridgehead atoms. The summed E-state index contributed by atoms with van der Waals surface area (Å²) in [6.07, 6.45) is 2.95. The molecule has 0 fully saturated rings. The van der Waals surface area contributed by atoms with Gasteiger partial charge in [0.2, 0.25) is 5.91 Å². The van der Waals surface area contributed by atoms with Crippen molar-refractivity contribution in [3.05, 3.63) is 35.0 Å². The van der Waals surface area contributed by atoms with Crippen molar-refractivity contribution in [3.63, 3.8) is 0 Å². The van der Waals surface area contributed by atoms with E-state index >= 15 is 0 Å². The van der Waals surface area contributed by atoms with E-state index in [2.05, 4.69) is 5.32 Å². The van der Waals surface area contributed by atoms with Gasteiger partial charge < -0.3 is 9.88 Å². The summed E-state index contributed by atoms with van der Waals surface area (Å²) >= 11 is 5.99. The zero-order valence-corrected chi connectivity index (χ0v) is 12.3. The van der Waals surface area contributed by atoms with Crippen LogP contribution in [-0.4, -0.2) is 22.8 Å². The zero-order chi connectivity index (χ0) is 14.7. The maximum absolute atomic E-state index is 11.7. The molecule has 0 spiro atoms. The molecule has 0 radical (unpaired) electrons. The van der Waals surface area contributed by atoms with E-state index in [1.807, 2.05) is 30.5 Å². The first kappa shape index (κ1) is 14.6. The third-order valence-corrected chi connectivity index (χ3v) is 3.27. The first-order valence-electron chi connectivity index (χ1n) is 6.54. The number of rotatable bonds is 5. The summed E-state index contributed by atoms with van der Waals surface area (Å²) in [5, 5.41) is 4.31. The minimum absolute atomic E-state index is 0.00321. The van der Waals surface area contributed by atoms with Gasteiger partial charge in [0.1, 0.15) is 0 Å². The maximum Gasteiger partial charge on any atom is 0.221 e. The van der Waals surface area contributed by atoms with E-state index in [0.29, 0.717) is 23.6 Å². The number of fused-ring (bicyclic) bond motifs is 1. The Morgan fingerprint density at radius 1 is 1.45 bits per heavy atom. The average Bonchev–Trinajstić information content (AvgIpc) is 2.73. The van der Waals surface area contributed by atoms with Gasteiger partial charge in [-0.3, -0.25) is 9.59 Å². The minimum atomic E-state index is -0.00321. The fraction of sp³-hybridized carbons (Fsp3) is 0.333. The van der Waals surface area contributed by atoms with Crippen molar-refractivity contribution in [2.24, 2.45) is 0 Å². The standard InChI is InChI=1S/C15H17ClN2O2/c1-10(2)17-15(20)5-6-18-8-11(9-19)13-4-3-12(16)7-14(13)18/h3-4,7-10H,5-6H2,1-2H3,(H,17,20). The van der Waals surface area contributed by atoms with Gasteiger partial charge in [0.25, 0.3) is 0 Å². The molecule has 0 atom stereocenters. The molecule has 0 saturated heterocycles. The number of carbonyl (C=O) groups excluding carboxylic acids is 2. The number of nitrogens with zero attached hydrogens (tertiary/aromatic N) is 1. The molecule has 5 heteroatoms. The van der Waals surface area contributed by atoms with Gasteiger partial charge in [-0.05, 0) is 26.0 Å². The van der Waals surface area contributed by atoms with Crippen LogP contribution in [0.25, 0.3) is 10.9 Å². The van der Waals surface area contributed by atoms with Gasteiger partial charge in [-0.1, -0.05) is 17.7 Å². The number of halogens is 1. The highest BCUT2D eigenvalue weighted by atomic mass is 35.5. The number of aryl methyl sites for hydroxylation is 1. The van der Waals surface area contributed by atoms with Crippen LogP contribution in [0.4, 0.5) is 0 Å². The monoisotopic (exact) mass is 292 g/mol. The molecule has 0 saturated carbocycles. The third kappa shape index (κ3) is 3.20. The van der Waals surface area contributed by atoms with Crippen LogP contribution < -0.4 is 5.32 Å². The molecule has 1 aromatic heterocycles. The van der Waals surface area contributed by atoms with Crippen molar-refractivity contribution in [1.82, 2.24) is 9.88 Å². The normalized spacial score (nSPS) is 11.0. The van der Waals surface area contributed by atoms with E-state index in [9.17, 15) is 9.59 Å². The summed E-state index contributed by atoms with van der Waals surface area (Å²) in [4.78, 5) is 22.8. The second-order valence-electron chi connectivity index (χ2n) is 5.03. The summed E-state index contributed by atoms with van der Waals surface area (Å²) < 4.78 is 1.89. The van der Waals surface area contributed by atoms with Crippen LogP contribution in [0.5, 0.6) is 0 Å². The van der Waals surface area contributed by atoms with Crippen molar-refractivity contribution in [2.45, 2.75) is 32.9 Å². The highest BCUT2D eigenvalue weighted by molar-refractivity contribution is 6.31. The first-order valence-corrected chi connectivity index (χ1v) is 6.92. The molecule has 1 heterocycles. The predicted octanol–water partition coefficient (Wildman–Crippen LogP) is 3.02. The highest BCUT2D eigenvalue weighted by Gasteiger charge is 2.10. The van der Waals surface area contributed by atoms with Crippen LogP contribution >= 0.6 is 11.6 Å². The summed E-state index contributed by atoms with van der Waals surface area (Å²) in [5.41, 5.74) is 1.48. The van der Waals surface area contributed by atoms with Crippen LogP contribution in [0, 0.1) is 0 Å². The van der Waals surface area contributed by atoms with Crippen molar-refractivity contribution >= 4 is 34.7 Å². The molecule has 1 aromatic carbocycles. The molecule has 1 N–H and O–H groups in total. The van der Waals surface area contributed by atoms with Gasteiger partial charge in [-0.25, -0.2) is 0 Å². The van der Waals surface area contributed by atoms with Gasteiger partial charge in [0, 0.05) is 41.2 Å². The topological polar surface area (TPSA) is 51.1 Å². The van der Waals surface area contributed by atoms with Crippen molar-refractivity contribution in [3.8, 4) is 0 Å². The van der Waals surface area contributed by atoms with Crippen LogP contribution in [0.1, 0.15) is 30.6 Å². The lowest BCUT2D eigenvalue weighted by atomic mass is 10.2. The fourth-order valence-corrected chi connectivity index (χ4v) is 2.35. The smallest absolute Gasteiger partial charge is 0.221 e. The van der Waals surface area contributed by atoms with Gasteiger partial charge >= 0.3 is 0 Å². The average molecular weight is 293 g/mol. The molecule has 1 amide bonds. The molecule has 20 heavy (non-hydrogen) atoms. The van der Waals surface area contributed by atoms with Gasteiger partial charge in [0.15, 0.2) is 6.29 Å². The van der Waals surface area contributed by atoms with E-state index in [4.69, 9.17) is 11.6 Å². The molecular formula is C15H17ClN2O2. The van der Waals surface area contributed by atoms with Crippen LogP contribution in [0.15, 0.2) is 24.4 Å². The molecule has 0 aliphatic rings. The molecular weight excluding hydrogens is 276 g/mol. The number of aldehydes is 1. The Balaban J connectivity index is 2.23. The van der Waals surface area contributed by atoms with E-state index in [-0.39, 0.29) is 11.9 Å². The number of carbonyl (C=O) groups is 2. The Kier molecular flexibility index (Phi) is 4.45. The van der Waals surface area contributed by atoms with Crippen LogP contribution in [0.2, 0.25) is 5.02 Å². The number of aromatic nitrogens is 1. The quantitative estimate of drug-likeness (QED) is 0.861. The maximum atomic E-state index is 11.7. The third-order valence-electron chi connectivity index (χ3n) is 3.03. The summed E-state index contributed by atoms with van der Waals surface area (Å²) in [5.74, 6) is -0.00321. The summed E-state index contributed by atoms with van der Waals surface area (Å²) in [6.45, 7) is 4.36. The fourth-order valence-electron chi connectivity index (χ4n) is 2.19. The second kappa shape index (κ2) is 6.09. The largest absolute Gasteiger partial charge is 0.354 e. The van der Waals surface area contributed by atoms with Gasteiger partial charge in [0.05, 0.1) is 5.52 Å². The highest BCUT2D eigenvalue weighted by Crippen LogP contribution is 2.24. The number of amides is 1. The molecule has 2 rings (SSSR count). The molecule has 0 unspecified atom stereocenters. The number of hydrogen-bond donors (Lipinski definition) is 1. The molecule has 106 valence electrons. The number of benzene rings is 1. The second-order valence-corrected chi connectivity index (χ2v) is 5.47. The SMILES string of the molecule is CC(C)NC(=O)CCn1cc(C=O)c2ccc(Cl)cc21. The van der Waals surface area contributed by atoms with Gasteiger partial charge in [-0.2, -0.15) is 0 Å². The number of nitrogens with one attached hydrogen (secondary N) is 1. The van der Waals surface area contributed by atoms with Crippen molar-refractivity contribution in [2.75, 3.05) is 0 Å². The lowest BCUT2D eigenvalue weighted by Gasteiger charge is -2.09. The van der Waals surface area contributed by atoms with E-state index in [0.717, 1.165) is 17.2 Å². The van der Waals surface area contributed by atoms with Crippen LogP contribution in [-0.2, 0) is 11.3 Å². The lowest BCUT2D eigenvalue weighted by Crippen LogP contribution is -2.30. The Bertz CT molecular complexity index is 647. The molecule has 0 aliphatic heterocycles. The molecule has 2 aromatic rings. The first-order chi connectivity index (χ1) is 9.51. The Hall–Kier alpha value is -1.81. The Morgan fingerprint density at radius 2 is 2.20 bits per heavy atom. The van der Waals surface area contributed by atoms with Crippen LogP contribution in [0.3, 0.4) is 0 Å². The summed E-state index contributed by atoms with van der Waals surface area (Å²) in [6, 6.07) is 5.52. The lowest BCUT2D eigenvalue weighted by molar-refractivity contribution is -0.121. The van der Waals surface area contributed by atoms with Crippen molar-refractivity contribution < 1.29 is 9.59 Å². The minimum Gasteiger partial charge on any atom is -0.354 e. The van der Waals surface area contributed by atoms with E-state index in [1.165, 1.54) is 0 Å². The van der Waals surface area contributed by atoms with E-state index < -0.39 is 0 Å². The van der Waals surface area contributed by atoms with Gasteiger partial charge in [-0.15, -0.1) is 0 Å². The van der Waals surface area contributed by atoms with Crippen molar-refractivity contribution in [1.29, 1.82) is 0 Å². The molecule has 4 nitrogen and oxygen atoms in total. The van der Waals surface area contributed by atoms with E-state index in [1.54, 1.807) is 12.3 Å². The predicted molar refractivity (Wildman–Crippen MR) is 80.2 cm³/mol. The zero-order valence-electron chi connectivity index (χ0n) is 11.5.